The van der Waals surface area contributed by atoms with Crippen molar-refractivity contribution in [3.8, 4) is 0 Å². The largest absolute Gasteiger partial charge is 0.311 e. The molecule has 0 saturated carbocycles. The molecule has 2 aromatic heterocycles. The first-order valence-electron chi connectivity index (χ1n) is 6.41. The molecule has 0 fully saturated rings. The molecule has 0 amide bonds. The monoisotopic (exact) mass is 392 g/mol. The zero-order valence-corrected chi connectivity index (χ0v) is 15.0. The molecule has 9 heteroatoms. The number of nitrogens with zero attached hydrogens (tertiary/aromatic N) is 1. The number of hydrogen-bond donors (Lipinski definition) is 3. The Morgan fingerprint density at radius 3 is 2.81 bits per heavy atom. The summed E-state index contributed by atoms with van der Waals surface area (Å²) in [7, 11) is -3.59. The number of aryl methyl sites for hydroxylation is 1. The Morgan fingerprint density at radius 1 is 1.43 bits per heavy atom. The van der Waals surface area contributed by atoms with Crippen LogP contribution in [0.25, 0.3) is 0 Å². The van der Waals surface area contributed by atoms with Gasteiger partial charge >= 0.3 is 0 Å². The summed E-state index contributed by atoms with van der Waals surface area (Å²) in [5, 5.41) is 11.8. The number of aromatic amines is 1. The lowest BCUT2D eigenvalue weighted by Crippen LogP contribution is -2.25. The second kappa shape index (κ2) is 7.01. The van der Waals surface area contributed by atoms with Crippen LogP contribution in [0.1, 0.15) is 23.2 Å². The summed E-state index contributed by atoms with van der Waals surface area (Å²) in [5.41, 5.74) is 1.05. The third-order valence-corrected chi connectivity index (χ3v) is 6.13. The molecule has 0 bridgehead atoms. The molecule has 0 atom stereocenters. The molecule has 21 heavy (non-hydrogen) atoms. The minimum atomic E-state index is -3.59. The maximum Gasteiger partial charge on any atom is 0.244 e. The second-order valence-electron chi connectivity index (χ2n) is 4.46. The van der Waals surface area contributed by atoms with Crippen molar-refractivity contribution in [3.63, 3.8) is 0 Å². The molecule has 0 unspecified atom stereocenters. The molecule has 0 aromatic carbocycles. The standard InChI is InChI=1S/C12H17BrN4O2S2/c1-3-14-6-11-12(8(2)16-17-11)21(18,19)15-5-10-4-9(13)7-20-10/h4,7,14-15H,3,5-6H2,1-2H3,(H,16,17). The van der Waals surface area contributed by atoms with Gasteiger partial charge in [-0.05, 0) is 35.5 Å². The third kappa shape index (κ3) is 4.13. The Morgan fingerprint density at radius 2 is 2.19 bits per heavy atom. The molecule has 0 aliphatic carbocycles. The van der Waals surface area contributed by atoms with Crippen LogP contribution in [-0.4, -0.2) is 25.2 Å². The molecule has 2 rings (SSSR count). The van der Waals surface area contributed by atoms with Gasteiger partial charge in [-0.3, -0.25) is 5.10 Å². The molecule has 2 heterocycles. The lowest BCUT2D eigenvalue weighted by Gasteiger charge is -2.07. The summed E-state index contributed by atoms with van der Waals surface area (Å²) in [5.74, 6) is 0. The van der Waals surface area contributed by atoms with Crippen LogP contribution in [0.15, 0.2) is 20.8 Å². The van der Waals surface area contributed by atoms with Gasteiger partial charge < -0.3 is 5.32 Å². The lowest BCUT2D eigenvalue weighted by molar-refractivity contribution is 0.578. The van der Waals surface area contributed by atoms with E-state index in [2.05, 4.69) is 36.2 Å². The maximum absolute atomic E-state index is 12.5. The quantitative estimate of drug-likeness (QED) is 0.673. The van der Waals surface area contributed by atoms with E-state index in [4.69, 9.17) is 0 Å². The topological polar surface area (TPSA) is 86.9 Å². The van der Waals surface area contributed by atoms with Crippen LogP contribution in [0, 0.1) is 6.92 Å². The fourth-order valence-electron chi connectivity index (χ4n) is 1.87. The van der Waals surface area contributed by atoms with Crippen LogP contribution in [0.2, 0.25) is 0 Å². The number of hydrogen-bond acceptors (Lipinski definition) is 5. The van der Waals surface area contributed by atoms with Crippen molar-refractivity contribution in [3.05, 3.63) is 32.2 Å². The number of thiophene rings is 1. The fourth-order valence-corrected chi connectivity index (χ4v) is 4.72. The number of aromatic nitrogens is 2. The van der Waals surface area contributed by atoms with Crippen LogP contribution < -0.4 is 10.0 Å². The minimum absolute atomic E-state index is 0.235. The molecule has 0 saturated heterocycles. The molecule has 0 aliphatic heterocycles. The molecule has 0 radical (unpaired) electrons. The zero-order chi connectivity index (χ0) is 15.5. The predicted octanol–water partition coefficient (Wildman–Crippen LogP) is 2.13. The Kier molecular flexibility index (Phi) is 5.55. The highest BCUT2D eigenvalue weighted by atomic mass is 79.9. The minimum Gasteiger partial charge on any atom is -0.311 e. The molecule has 116 valence electrons. The van der Waals surface area contributed by atoms with E-state index in [0.717, 1.165) is 15.9 Å². The zero-order valence-electron chi connectivity index (χ0n) is 11.7. The van der Waals surface area contributed by atoms with E-state index >= 15 is 0 Å². The van der Waals surface area contributed by atoms with Crippen LogP contribution in [0.5, 0.6) is 0 Å². The van der Waals surface area contributed by atoms with Crippen molar-refractivity contribution >= 4 is 37.3 Å². The molecular weight excluding hydrogens is 376 g/mol. The third-order valence-electron chi connectivity index (χ3n) is 2.83. The SMILES string of the molecule is CCNCc1n[nH]c(C)c1S(=O)(=O)NCc1cc(Br)cs1. The number of H-pyrrole nitrogens is 1. The van der Waals surface area contributed by atoms with Crippen molar-refractivity contribution in [1.29, 1.82) is 0 Å². The van der Waals surface area contributed by atoms with Gasteiger partial charge in [-0.1, -0.05) is 6.92 Å². The molecule has 3 N–H and O–H groups in total. The van der Waals surface area contributed by atoms with Crippen LogP contribution in [0.4, 0.5) is 0 Å². The summed E-state index contributed by atoms with van der Waals surface area (Å²) >= 11 is 4.85. The number of nitrogens with one attached hydrogen (secondary N) is 3. The first-order chi connectivity index (χ1) is 9.94. The van der Waals surface area contributed by atoms with E-state index in [1.165, 1.54) is 11.3 Å². The normalized spacial score (nSPS) is 12.0. The smallest absolute Gasteiger partial charge is 0.244 e. The average Bonchev–Trinajstić information content (AvgIpc) is 3.00. The predicted molar refractivity (Wildman–Crippen MR) is 86.7 cm³/mol. The van der Waals surface area contributed by atoms with Gasteiger partial charge in [-0.15, -0.1) is 11.3 Å². The van der Waals surface area contributed by atoms with Gasteiger partial charge in [-0.2, -0.15) is 5.10 Å². The van der Waals surface area contributed by atoms with E-state index in [1.807, 2.05) is 18.4 Å². The lowest BCUT2D eigenvalue weighted by atomic mass is 10.3. The number of sulfonamides is 1. The van der Waals surface area contributed by atoms with Crippen molar-refractivity contribution in [2.24, 2.45) is 0 Å². The van der Waals surface area contributed by atoms with Gasteiger partial charge in [0.15, 0.2) is 0 Å². The van der Waals surface area contributed by atoms with Crippen molar-refractivity contribution in [2.45, 2.75) is 31.8 Å². The number of halogens is 1. The summed E-state index contributed by atoms with van der Waals surface area (Å²) in [6.45, 7) is 5.10. The van der Waals surface area contributed by atoms with Crippen molar-refractivity contribution in [2.75, 3.05) is 6.54 Å². The Hall–Kier alpha value is -0.740. The van der Waals surface area contributed by atoms with E-state index < -0.39 is 10.0 Å². The van der Waals surface area contributed by atoms with E-state index in [0.29, 0.717) is 17.9 Å². The summed E-state index contributed by atoms with van der Waals surface area (Å²) in [6, 6.07) is 1.90. The Balaban J connectivity index is 2.17. The first kappa shape index (κ1) is 16.6. The molecular formula is C12H17BrN4O2S2. The Labute approximate surface area is 136 Å². The number of rotatable bonds is 7. The van der Waals surface area contributed by atoms with Crippen molar-refractivity contribution < 1.29 is 8.42 Å². The van der Waals surface area contributed by atoms with Gasteiger partial charge in [-0.25, -0.2) is 13.1 Å². The van der Waals surface area contributed by atoms with Gasteiger partial charge in [0.25, 0.3) is 0 Å². The average molecular weight is 393 g/mol. The highest BCUT2D eigenvalue weighted by molar-refractivity contribution is 9.10. The fraction of sp³-hybridized carbons (Fsp3) is 0.417. The summed E-state index contributed by atoms with van der Waals surface area (Å²) in [4.78, 5) is 1.18. The highest BCUT2D eigenvalue weighted by Gasteiger charge is 2.23. The molecule has 6 nitrogen and oxygen atoms in total. The van der Waals surface area contributed by atoms with Crippen LogP contribution in [0.3, 0.4) is 0 Å². The van der Waals surface area contributed by atoms with Gasteiger partial charge in [0, 0.05) is 27.8 Å². The van der Waals surface area contributed by atoms with Gasteiger partial charge in [0.05, 0.1) is 11.4 Å². The highest BCUT2D eigenvalue weighted by Crippen LogP contribution is 2.21. The van der Waals surface area contributed by atoms with Gasteiger partial charge in [0.2, 0.25) is 10.0 Å². The summed E-state index contributed by atoms with van der Waals surface area (Å²) in [6.07, 6.45) is 0. The first-order valence-corrected chi connectivity index (χ1v) is 9.56. The second-order valence-corrected chi connectivity index (χ2v) is 8.08. The summed E-state index contributed by atoms with van der Waals surface area (Å²) < 4.78 is 28.5. The molecule has 0 spiro atoms. The maximum atomic E-state index is 12.5. The van der Waals surface area contributed by atoms with E-state index in [1.54, 1.807) is 6.92 Å². The molecule has 0 aliphatic rings. The van der Waals surface area contributed by atoms with Crippen molar-refractivity contribution in [1.82, 2.24) is 20.2 Å². The van der Waals surface area contributed by atoms with E-state index in [9.17, 15) is 8.42 Å². The Bertz CT molecular complexity index is 709. The van der Waals surface area contributed by atoms with E-state index in [-0.39, 0.29) is 11.4 Å². The van der Waals surface area contributed by atoms with Crippen LogP contribution >= 0.6 is 27.3 Å². The van der Waals surface area contributed by atoms with Gasteiger partial charge in [0.1, 0.15) is 4.90 Å². The van der Waals surface area contributed by atoms with Crippen LogP contribution in [-0.2, 0) is 23.1 Å². The molecule has 2 aromatic rings.